The topological polar surface area (TPSA) is 0 Å². The molecule has 17 heavy (non-hydrogen) atoms. The maximum atomic E-state index is 3.87. The molecule has 0 nitrogen and oxygen atoms in total. The van der Waals surface area contributed by atoms with Crippen LogP contribution in [0, 0.1) is 19.8 Å². The van der Waals surface area contributed by atoms with Gasteiger partial charge in [-0.15, -0.1) is 0 Å². The molecule has 0 bridgehead atoms. The molecule has 2 rings (SSSR count). The molecule has 1 saturated carbocycles. The van der Waals surface area contributed by atoms with Crippen molar-refractivity contribution in [3.63, 3.8) is 0 Å². The largest absolute Gasteiger partial charge is 0.0839 e. The van der Waals surface area contributed by atoms with Crippen molar-refractivity contribution >= 4 is 15.9 Å². The van der Waals surface area contributed by atoms with Gasteiger partial charge in [0.25, 0.3) is 0 Å². The molecule has 0 N–H and O–H groups in total. The zero-order valence-electron chi connectivity index (χ0n) is 11.0. The first-order chi connectivity index (χ1) is 8.16. The number of hydrogen-bond acceptors (Lipinski definition) is 0. The molecule has 1 aliphatic rings. The number of halogens is 1. The van der Waals surface area contributed by atoms with Gasteiger partial charge in [0.05, 0.1) is 0 Å². The summed E-state index contributed by atoms with van der Waals surface area (Å²) in [5.41, 5.74) is 4.27. The average Bonchev–Trinajstić information content (AvgIpc) is 2.78. The predicted octanol–water partition coefficient (Wildman–Crippen LogP) is 5.71. The second-order valence-electron chi connectivity index (χ2n) is 5.56. The number of alkyl halides is 1. The highest BCUT2D eigenvalue weighted by Crippen LogP contribution is 2.35. The zero-order valence-corrected chi connectivity index (χ0v) is 12.6. The van der Waals surface area contributed by atoms with Crippen LogP contribution in [0.5, 0.6) is 0 Å². The van der Waals surface area contributed by atoms with E-state index in [1.54, 1.807) is 0 Å². The number of rotatable bonds is 4. The van der Waals surface area contributed by atoms with Crippen molar-refractivity contribution in [2.24, 2.45) is 5.92 Å². The van der Waals surface area contributed by atoms with Crippen LogP contribution in [-0.2, 0) is 0 Å². The van der Waals surface area contributed by atoms with Crippen LogP contribution in [0.2, 0.25) is 0 Å². The average molecular weight is 295 g/mol. The maximum Gasteiger partial charge on any atom is 0.0398 e. The number of aryl methyl sites for hydroxylation is 2. The van der Waals surface area contributed by atoms with Gasteiger partial charge in [-0.2, -0.15) is 0 Å². The van der Waals surface area contributed by atoms with Gasteiger partial charge < -0.3 is 0 Å². The van der Waals surface area contributed by atoms with Crippen molar-refractivity contribution in [2.45, 2.75) is 57.2 Å². The van der Waals surface area contributed by atoms with E-state index >= 15 is 0 Å². The predicted molar refractivity (Wildman–Crippen MR) is 78.8 cm³/mol. The quantitative estimate of drug-likeness (QED) is 0.624. The van der Waals surface area contributed by atoms with E-state index in [2.05, 4.69) is 48.0 Å². The molecule has 1 aliphatic carbocycles. The van der Waals surface area contributed by atoms with E-state index in [1.165, 1.54) is 55.2 Å². The minimum atomic E-state index is 0.545. The lowest BCUT2D eigenvalue weighted by Crippen LogP contribution is -1.99. The Bertz CT molecular complexity index is 364. The van der Waals surface area contributed by atoms with Crippen LogP contribution >= 0.6 is 15.9 Å². The fourth-order valence-corrected chi connectivity index (χ4v) is 3.79. The molecule has 1 heteroatoms. The van der Waals surface area contributed by atoms with Crippen LogP contribution in [0.1, 0.15) is 60.0 Å². The van der Waals surface area contributed by atoms with Crippen molar-refractivity contribution in [3.05, 3.63) is 34.9 Å². The first-order valence-corrected chi connectivity index (χ1v) is 7.79. The fraction of sp³-hybridized carbons (Fsp3) is 0.625. The van der Waals surface area contributed by atoms with Crippen LogP contribution in [0.15, 0.2) is 18.2 Å². The number of hydrogen-bond donors (Lipinski definition) is 0. The normalized spacial score (nSPS) is 18.5. The van der Waals surface area contributed by atoms with Crippen LogP contribution in [0.4, 0.5) is 0 Å². The highest BCUT2D eigenvalue weighted by atomic mass is 79.9. The first kappa shape index (κ1) is 13.1. The molecule has 1 atom stereocenters. The Morgan fingerprint density at radius 1 is 1.24 bits per heavy atom. The smallest absolute Gasteiger partial charge is 0.0398 e. The van der Waals surface area contributed by atoms with Crippen molar-refractivity contribution in [1.82, 2.24) is 0 Å². The summed E-state index contributed by atoms with van der Waals surface area (Å²) >= 11 is 3.87. The van der Waals surface area contributed by atoms with Gasteiger partial charge in [-0.3, -0.25) is 0 Å². The van der Waals surface area contributed by atoms with Gasteiger partial charge in [0.15, 0.2) is 0 Å². The summed E-state index contributed by atoms with van der Waals surface area (Å²) in [6.07, 6.45) is 8.53. The Kier molecular flexibility index (Phi) is 4.67. The molecule has 0 aliphatic heterocycles. The van der Waals surface area contributed by atoms with E-state index in [4.69, 9.17) is 0 Å². The van der Waals surface area contributed by atoms with Gasteiger partial charge >= 0.3 is 0 Å². The Morgan fingerprint density at radius 2 is 1.94 bits per heavy atom. The van der Waals surface area contributed by atoms with Crippen molar-refractivity contribution in [3.8, 4) is 0 Å². The van der Waals surface area contributed by atoms with Gasteiger partial charge in [-0.25, -0.2) is 0 Å². The number of benzene rings is 1. The lowest BCUT2D eigenvalue weighted by Gasteiger charge is -2.16. The molecular weight excluding hydrogens is 272 g/mol. The Morgan fingerprint density at radius 3 is 2.59 bits per heavy atom. The van der Waals surface area contributed by atoms with Crippen molar-refractivity contribution < 1.29 is 0 Å². The third-order valence-corrected chi connectivity index (χ3v) is 5.02. The van der Waals surface area contributed by atoms with E-state index in [-0.39, 0.29) is 0 Å². The maximum absolute atomic E-state index is 3.87. The second kappa shape index (κ2) is 6.04. The minimum Gasteiger partial charge on any atom is -0.0839 e. The second-order valence-corrected chi connectivity index (χ2v) is 6.66. The Hall–Kier alpha value is -0.300. The summed E-state index contributed by atoms with van der Waals surface area (Å²) in [6, 6.07) is 6.81. The monoisotopic (exact) mass is 294 g/mol. The lowest BCUT2D eigenvalue weighted by molar-refractivity contribution is 0.482. The third kappa shape index (κ3) is 3.58. The molecule has 94 valence electrons. The van der Waals surface area contributed by atoms with Gasteiger partial charge in [0, 0.05) is 4.83 Å². The van der Waals surface area contributed by atoms with Crippen molar-refractivity contribution in [2.75, 3.05) is 0 Å². The highest BCUT2D eigenvalue weighted by molar-refractivity contribution is 9.09. The van der Waals surface area contributed by atoms with Crippen LogP contribution < -0.4 is 0 Å². The Labute approximate surface area is 114 Å². The molecule has 1 unspecified atom stereocenters. The van der Waals surface area contributed by atoms with Gasteiger partial charge in [0.2, 0.25) is 0 Å². The zero-order chi connectivity index (χ0) is 12.3. The standard InChI is InChI=1S/C16H23Br/c1-12-7-9-15(13(2)11-12)16(17)10-8-14-5-3-4-6-14/h7,9,11,14,16H,3-6,8,10H2,1-2H3. The fourth-order valence-electron chi connectivity index (χ4n) is 3.01. The molecule has 0 radical (unpaired) electrons. The van der Waals surface area contributed by atoms with E-state index in [0.717, 1.165) is 5.92 Å². The summed E-state index contributed by atoms with van der Waals surface area (Å²) in [6.45, 7) is 4.39. The summed E-state index contributed by atoms with van der Waals surface area (Å²) in [5, 5.41) is 0. The Balaban J connectivity index is 1.91. The summed E-state index contributed by atoms with van der Waals surface area (Å²) in [7, 11) is 0. The summed E-state index contributed by atoms with van der Waals surface area (Å²) in [4.78, 5) is 0.545. The van der Waals surface area contributed by atoms with E-state index in [9.17, 15) is 0 Å². The van der Waals surface area contributed by atoms with Crippen molar-refractivity contribution in [1.29, 1.82) is 0 Å². The molecule has 0 aromatic heterocycles. The minimum absolute atomic E-state index is 0.545. The van der Waals surface area contributed by atoms with E-state index in [1.807, 2.05) is 0 Å². The van der Waals surface area contributed by atoms with Gasteiger partial charge in [-0.1, -0.05) is 65.4 Å². The van der Waals surface area contributed by atoms with Crippen LogP contribution in [0.25, 0.3) is 0 Å². The lowest BCUT2D eigenvalue weighted by atomic mass is 9.96. The molecule has 0 spiro atoms. The molecule has 0 heterocycles. The van der Waals surface area contributed by atoms with Crippen LogP contribution in [0.3, 0.4) is 0 Å². The summed E-state index contributed by atoms with van der Waals surface area (Å²) < 4.78 is 0. The summed E-state index contributed by atoms with van der Waals surface area (Å²) in [5.74, 6) is 1.00. The third-order valence-electron chi connectivity index (χ3n) is 4.07. The van der Waals surface area contributed by atoms with E-state index < -0.39 is 0 Å². The molecule has 0 saturated heterocycles. The first-order valence-electron chi connectivity index (χ1n) is 6.88. The SMILES string of the molecule is Cc1ccc(C(Br)CCC2CCCC2)c(C)c1. The molecule has 1 aromatic rings. The molecule has 1 fully saturated rings. The van der Waals surface area contributed by atoms with E-state index in [0.29, 0.717) is 4.83 Å². The molecular formula is C16H23Br. The van der Waals surface area contributed by atoms with Crippen LogP contribution in [-0.4, -0.2) is 0 Å². The highest BCUT2D eigenvalue weighted by Gasteiger charge is 2.17. The van der Waals surface area contributed by atoms with Gasteiger partial charge in [0.1, 0.15) is 0 Å². The van der Waals surface area contributed by atoms with Gasteiger partial charge in [-0.05, 0) is 43.7 Å². The molecule has 0 amide bonds. The molecule has 1 aromatic carbocycles.